The van der Waals surface area contributed by atoms with Crippen LogP contribution >= 0.6 is 22.9 Å². The molecule has 0 saturated heterocycles. The topological polar surface area (TPSA) is 76.7 Å². The highest BCUT2D eigenvalue weighted by Gasteiger charge is 2.08. The molecule has 3 rings (SSSR count). The highest BCUT2D eigenvalue weighted by Crippen LogP contribution is 2.26. The summed E-state index contributed by atoms with van der Waals surface area (Å²) >= 11 is 7.42. The van der Waals surface area contributed by atoms with Gasteiger partial charge in [0, 0.05) is 19.9 Å². The molecule has 0 fully saturated rings. The molecule has 0 aliphatic rings. The van der Waals surface area contributed by atoms with Crippen LogP contribution in [0.4, 0.5) is 5.82 Å². The van der Waals surface area contributed by atoms with Gasteiger partial charge in [0.2, 0.25) is 11.2 Å². The maximum absolute atomic E-state index is 5.88. The van der Waals surface area contributed by atoms with Crippen molar-refractivity contribution in [3.8, 4) is 0 Å². The van der Waals surface area contributed by atoms with Crippen LogP contribution in [0.25, 0.3) is 10.2 Å². The fourth-order valence-electron chi connectivity index (χ4n) is 1.70. The van der Waals surface area contributed by atoms with Gasteiger partial charge < -0.3 is 9.84 Å². The van der Waals surface area contributed by atoms with Gasteiger partial charge >= 0.3 is 0 Å². The van der Waals surface area contributed by atoms with Gasteiger partial charge in [0.05, 0.1) is 5.39 Å². The van der Waals surface area contributed by atoms with Crippen LogP contribution in [0.1, 0.15) is 11.7 Å². The summed E-state index contributed by atoms with van der Waals surface area (Å²) in [4.78, 5) is 13.4. The van der Waals surface area contributed by atoms with E-state index in [2.05, 4.69) is 25.4 Å². The second-order valence-corrected chi connectivity index (χ2v) is 5.12. The molecule has 0 spiro atoms. The van der Waals surface area contributed by atoms with E-state index >= 15 is 0 Å². The minimum absolute atomic E-state index is 0.243. The Morgan fingerprint density at radius 3 is 3.05 bits per heavy atom. The number of nitrogens with zero attached hydrogens (tertiary/aromatic N) is 4. The molecule has 3 aromatic rings. The molecule has 6 nitrogen and oxygen atoms in total. The molecule has 8 heteroatoms. The Hall–Kier alpha value is -1.73. The minimum Gasteiger partial charge on any atom is -0.369 e. The second kappa shape index (κ2) is 5.10. The summed E-state index contributed by atoms with van der Waals surface area (Å²) in [5.74, 6) is 1.98. The molecule has 0 amide bonds. The lowest BCUT2D eigenvalue weighted by atomic mass is 10.3. The highest BCUT2D eigenvalue weighted by molar-refractivity contribution is 7.16. The zero-order chi connectivity index (χ0) is 13.2. The third-order valence-corrected chi connectivity index (χ3v) is 3.48. The van der Waals surface area contributed by atoms with Crippen LogP contribution in [-0.4, -0.2) is 26.7 Å². The molecular weight excluding hydrogens is 286 g/mol. The van der Waals surface area contributed by atoms with Crippen LogP contribution in [0.3, 0.4) is 0 Å². The Morgan fingerprint density at radius 2 is 2.26 bits per heavy atom. The first-order valence-electron chi connectivity index (χ1n) is 5.66. The summed E-state index contributed by atoms with van der Waals surface area (Å²) in [7, 11) is 0. The Bertz CT molecular complexity index is 710. The molecule has 98 valence electrons. The van der Waals surface area contributed by atoms with Gasteiger partial charge in [0.1, 0.15) is 10.6 Å². The number of fused-ring (bicyclic) bond motifs is 1. The van der Waals surface area contributed by atoms with Crippen molar-refractivity contribution < 1.29 is 4.52 Å². The molecule has 0 saturated carbocycles. The lowest BCUT2D eigenvalue weighted by Crippen LogP contribution is -2.08. The van der Waals surface area contributed by atoms with Crippen molar-refractivity contribution in [2.75, 3.05) is 11.9 Å². The van der Waals surface area contributed by atoms with Crippen molar-refractivity contribution in [2.45, 2.75) is 13.3 Å². The van der Waals surface area contributed by atoms with E-state index in [4.69, 9.17) is 16.1 Å². The first-order valence-corrected chi connectivity index (χ1v) is 6.92. The van der Waals surface area contributed by atoms with E-state index in [1.54, 1.807) is 6.92 Å². The second-order valence-electron chi connectivity index (χ2n) is 3.89. The molecule has 0 aliphatic heterocycles. The van der Waals surface area contributed by atoms with Crippen LogP contribution in [0.5, 0.6) is 0 Å². The Labute approximate surface area is 117 Å². The smallest absolute Gasteiger partial charge is 0.225 e. The number of halogens is 1. The van der Waals surface area contributed by atoms with Crippen molar-refractivity contribution in [3.63, 3.8) is 0 Å². The quantitative estimate of drug-likeness (QED) is 0.746. The largest absolute Gasteiger partial charge is 0.369 e. The monoisotopic (exact) mass is 295 g/mol. The molecule has 0 aliphatic carbocycles. The molecular formula is C11H10ClN5OS. The fourth-order valence-corrected chi connectivity index (χ4v) is 2.68. The number of aryl methyl sites for hydroxylation is 1. The van der Waals surface area contributed by atoms with Crippen molar-refractivity contribution in [1.29, 1.82) is 0 Å². The van der Waals surface area contributed by atoms with E-state index in [-0.39, 0.29) is 5.28 Å². The van der Waals surface area contributed by atoms with E-state index < -0.39 is 0 Å². The summed E-state index contributed by atoms with van der Waals surface area (Å²) in [6.07, 6.45) is 0.657. The maximum atomic E-state index is 5.88. The lowest BCUT2D eigenvalue weighted by molar-refractivity contribution is 0.387. The summed E-state index contributed by atoms with van der Waals surface area (Å²) in [6, 6.07) is 1.97. The van der Waals surface area contributed by atoms with Gasteiger partial charge in [-0.25, -0.2) is 9.97 Å². The van der Waals surface area contributed by atoms with Crippen LogP contribution in [0.2, 0.25) is 5.28 Å². The van der Waals surface area contributed by atoms with Crippen molar-refractivity contribution in [2.24, 2.45) is 0 Å². The summed E-state index contributed by atoms with van der Waals surface area (Å²) in [5.41, 5.74) is 0. The van der Waals surface area contributed by atoms with E-state index in [0.29, 0.717) is 24.7 Å². The molecule has 0 radical (unpaired) electrons. The van der Waals surface area contributed by atoms with Crippen LogP contribution < -0.4 is 5.32 Å². The summed E-state index contributed by atoms with van der Waals surface area (Å²) in [5, 5.41) is 10.2. The van der Waals surface area contributed by atoms with Crippen molar-refractivity contribution in [1.82, 2.24) is 20.1 Å². The van der Waals surface area contributed by atoms with E-state index in [1.807, 2.05) is 11.4 Å². The van der Waals surface area contributed by atoms with Crippen LogP contribution in [0, 0.1) is 6.92 Å². The predicted molar refractivity (Wildman–Crippen MR) is 73.7 cm³/mol. The predicted octanol–water partition coefficient (Wildman–Crippen LogP) is 2.69. The molecule has 0 atom stereocenters. The molecule has 3 aromatic heterocycles. The third-order valence-electron chi connectivity index (χ3n) is 2.51. The van der Waals surface area contributed by atoms with Gasteiger partial charge in [0.25, 0.3) is 0 Å². The standard InChI is InChI=1S/C11H10ClN5OS/c1-6-14-8(17-18-6)2-4-13-9-7-3-5-19-10(7)16-11(12)15-9/h3,5H,2,4H2,1H3,(H,13,15,16). The SMILES string of the molecule is Cc1nc(CCNc2nc(Cl)nc3sccc23)no1. The van der Waals surface area contributed by atoms with Gasteiger partial charge in [-0.2, -0.15) is 4.98 Å². The lowest BCUT2D eigenvalue weighted by Gasteiger charge is -2.05. The molecule has 0 aromatic carbocycles. The average molecular weight is 296 g/mol. The average Bonchev–Trinajstić information content (AvgIpc) is 2.98. The molecule has 1 N–H and O–H groups in total. The number of anilines is 1. The molecule has 0 bridgehead atoms. The van der Waals surface area contributed by atoms with Gasteiger partial charge in [-0.3, -0.25) is 0 Å². The van der Waals surface area contributed by atoms with Gasteiger partial charge in [-0.05, 0) is 23.0 Å². The van der Waals surface area contributed by atoms with Crippen molar-refractivity contribution >= 4 is 39.0 Å². The van der Waals surface area contributed by atoms with Gasteiger partial charge in [0.15, 0.2) is 5.82 Å². The van der Waals surface area contributed by atoms with Crippen LogP contribution in [-0.2, 0) is 6.42 Å². The first kappa shape index (κ1) is 12.3. The number of nitrogens with one attached hydrogen (secondary N) is 1. The molecule has 19 heavy (non-hydrogen) atoms. The number of thiophene rings is 1. The summed E-state index contributed by atoms with van der Waals surface area (Å²) < 4.78 is 4.91. The van der Waals surface area contributed by atoms with Crippen LogP contribution in [0.15, 0.2) is 16.0 Å². The zero-order valence-electron chi connectivity index (χ0n) is 10.1. The Morgan fingerprint density at radius 1 is 1.37 bits per heavy atom. The van der Waals surface area contributed by atoms with Crippen molar-refractivity contribution in [3.05, 3.63) is 28.4 Å². The number of rotatable bonds is 4. The summed E-state index contributed by atoms with van der Waals surface area (Å²) in [6.45, 7) is 2.42. The van der Waals surface area contributed by atoms with Gasteiger partial charge in [-0.15, -0.1) is 11.3 Å². The van der Waals surface area contributed by atoms with E-state index in [0.717, 1.165) is 16.0 Å². The maximum Gasteiger partial charge on any atom is 0.225 e. The Balaban J connectivity index is 1.73. The first-order chi connectivity index (χ1) is 9.22. The number of hydrogen-bond acceptors (Lipinski definition) is 7. The van der Waals surface area contributed by atoms with E-state index in [9.17, 15) is 0 Å². The zero-order valence-corrected chi connectivity index (χ0v) is 11.6. The third kappa shape index (κ3) is 2.66. The Kier molecular flexibility index (Phi) is 3.31. The fraction of sp³-hybridized carbons (Fsp3) is 0.273. The highest BCUT2D eigenvalue weighted by atomic mass is 35.5. The number of hydrogen-bond donors (Lipinski definition) is 1. The molecule has 3 heterocycles. The minimum atomic E-state index is 0.243. The van der Waals surface area contributed by atoms with E-state index in [1.165, 1.54) is 11.3 Å². The van der Waals surface area contributed by atoms with Gasteiger partial charge in [-0.1, -0.05) is 5.16 Å². The number of aromatic nitrogens is 4. The molecule has 0 unspecified atom stereocenters. The normalized spacial score (nSPS) is 11.1.